The monoisotopic (exact) mass is 428 g/mol. The summed E-state index contributed by atoms with van der Waals surface area (Å²) in [5.74, 6) is -9.64. The molecule has 2 aromatic carbocycles. The number of halogens is 5. The van der Waals surface area contributed by atoms with Gasteiger partial charge < -0.3 is 14.5 Å². The van der Waals surface area contributed by atoms with Crippen LogP contribution in [-0.4, -0.2) is 43.6 Å². The van der Waals surface area contributed by atoms with Gasteiger partial charge in [0.25, 0.3) is 5.91 Å². The second-order valence-electron chi connectivity index (χ2n) is 6.93. The number of carbonyl (C=O) groups is 1. The zero-order valence-corrected chi connectivity index (χ0v) is 16.4. The molecule has 162 valence electrons. The number of hydrogen-bond acceptors (Lipinski definition) is 3. The second kappa shape index (κ2) is 9.32. The highest BCUT2D eigenvalue weighted by Gasteiger charge is 2.31. The molecule has 1 heterocycles. The lowest BCUT2D eigenvalue weighted by Gasteiger charge is -2.36. The molecule has 4 nitrogen and oxygen atoms in total. The van der Waals surface area contributed by atoms with Crippen LogP contribution in [0.4, 0.5) is 27.6 Å². The highest BCUT2D eigenvalue weighted by molar-refractivity contribution is 5.94. The average molecular weight is 428 g/mol. The van der Waals surface area contributed by atoms with Crippen molar-refractivity contribution in [3.8, 4) is 5.75 Å². The van der Waals surface area contributed by atoms with Crippen LogP contribution >= 0.6 is 0 Å². The number of rotatable bonds is 6. The number of carbonyl (C=O) groups excluding carboxylic acids is 1. The minimum absolute atomic E-state index is 0.0687. The molecular formula is C21H21F5N2O2. The maximum absolute atomic E-state index is 14.0. The predicted molar refractivity (Wildman–Crippen MR) is 101 cm³/mol. The van der Waals surface area contributed by atoms with E-state index in [1.54, 1.807) is 24.3 Å². The highest BCUT2D eigenvalue weighted by atomic mass is 19.2. The lowest BCUT2D eigenvalue weighted by atomic mass is 10.1. The van der Waals surface area contributed by atoms with Crippen LogP contribution in [-0.2, 0) is 0 Å². The van der Waals surface area contributed by atoms with Crippen LogP contribution in [0.2, 0.25) is 0 Å². The van der Waals surface area contributed by atoms with Gasteiger partial charge in [-0.15, -0.1) is 0 Å². The Kier molecular flexibility index (Phi) is 6.79. The SMILES string of the molecule is CCCCOc1cccc(C(=O)N2CCN(c3c(F)c(F)c(F)c(F)c3F)CC2)c1. The molecule has 0 radical (unpaired) electrons. The first-order valence-corrected chi connectivity index (χ1v) is 9.63. The van der Waals surface area contributed by atoms with Crippen molar-refractivity contribution < 1.29 is 31.5 Å². The van der Waals surface area contributed by atoms with E-state index in [1.165, 1.54) is 4.90 Å². The van der Waals surface area contributed by atoms with Crippen molar-refractivity contribution in [3.05, 3.63) is 58.9 Å². The molecule has 0 aliphatic carbocycles. The first kappa shape index (κ1) is 21.9. The maximum atomic E-state index is 14.0. The van der Waals surface area contributed by atoms with Gasteiger partial charge in [0.1, 0.15) is 11.4 Å². The van der Waals surface area contributed by atoms with Crippen LogP contribution in [0.25, 0.3) is 0 Å². The smallest absolute Gasteiger partial charge is 0.254 e. The molecular weight excluding hydrogens is 407 g/mol. The molecule has 1 aliphatic heterocycles. The van der Waals surface area contributed by atoms with Gasteiger partial charge in [0, 0.05) is 31.7 Å². The van der Waals surface area contributed by atoms with E-state index < -0.39 is 34.8 Å². The standard InChI is InChI=1S/C21H21F5N2O2/c1-2-3-11-30-14-6-4-5-13(12-14)21(29)28-9-7-27(8-10-28)20-18(25)16(23)15(22)17(24)19(20)26/h4-6,12H,2-3,7-11H2,1H3. The van der Waals surface area contributed by atoms with Crippen molar-refractivity contribution in [1.82, 2.24) is 4.90 Å². The van der Waals surface area contributed by atoms with Crippen LogP contribution in [0.1, 0.15) is 30.1 Å². The van der Waals surface area contributed by atoms with Crippen molar-refractivity contribution in [2.24, 2.45) is 0 Å². The summed E-state index contributed by atoms with van der Waals surface area (Å²) in [6.45, 7) is 2.57. The van der Waals surface area contributed by atoms with Gasteiger partial charge in [0.2, 0.25) is 5.82 Å². The molecule has 1 fully saturated rings. The van der Waals surface area contributed by atoms with Crippen LogP contribution in [0, 0.1) is 29.1 Å². The Bertz CT molecular complexity index is 901. The number of anilines is 1. The highest BCUT2D eigenvalue weighted by Crippen LogP contribution is 2.31. The summed E-state index contributed by atoms with van der Waals surface area (Å²) in [4.78, 5) is 15.3. The van der Waals surface area contributed by atoms with E-state index in [9.17, 15) is 26.7 Å². The minimum Gasteiger partial charge on any atom is -0.494 e. The molecule has 0 N–H and O–H groups in total. The van der Waals surface area contributed by atoms with Gasteiger partial charge >= 0.3 is 0 Å². The third-order valence-corrected chi connectivity index (χ3v) is 4.92. The fraction of sp³-hybridized carbons (Fsp3) is 0.381. The summed E-state index contributed by atoms with van der Waals surface area (Å²) in [6.07, 6.45) is 1.86. The van der Waals surface area contributed by atoms with Gasteiger partial charge in [-0.25, -0.2) is 22.0 Å². The Labute approximate surface area is 170 Å². The van der Waals surface area contributed by atoms with E-state index in [1.807, 2.05) is 6.92 Å². The van der Waals surface area contributed by atoms with E-state index in [2.05, 4.69) is 0 Å². The zero-order valence-electron chi connectivity index (χ0n) is 16.4. The zero-order chi connectivity index (χ0) is 21.8. The molecule has 0 saturated carbocycles. The fourth-order valence-corrected chi connectivity index (χ4v) is 3.24. The summed E-state index contributed by atoms with van der Waals surface area (Å²) in [5, 5.41) is 0. The Balaban J connectivity index is 1.69. The number of unbranched alkanes of at least 4 members (excludes halogenated alkanes) is 1. The lowest BCUT2D eigenvalue weighted by Crippen LogP contribution is -2.49. The first-order valence-electron chi connectivity index (χ1n) is 9.63. The van der Waals surface area contributed by atoms with Gasteiger partial charge in [-0.05, 0) is 24.6 Å². The van der Waals surface area contributed by atoms with E-state index >= 15 is 0 Å². The molecule has 0 spiro atoms. The van der Waals surface area contributed by atoms with Crippen LogP contribution in [0.15, 0.2) is 24.3 Å². The van der Waals surface area contributed by atoms with E-state index in [4.69, 9.17) is 4.74 Å². The number of nitrogens with zero attached hydrogens (tertiary/aromatic N) is 2. The van der Waals surface area contributed by atoms with Crippen LogP contribution < -0.4 is 9.64 Å². The van der Waals surface area contributed by atoms with Gasteiger partial charge in [0.15, 0.2) is 23.3 Å². The quantitative estimate of drug-likeness (QED) is 0.294. The summed E-state index contributed by atoms with van der Waals surface area (Å²) >= 11 is 0. The molecule has 1 amide bonds. The fourth-order valence-electron chi connectivity index (χ4n) is 3.24. The third kappa shape index (κ3) is 4.34. The number of ether oxygens (including phenoxy) is 1. The number of benzene rings is 2. The average Bonchev–Trinajstić information content (AvgIpc) is 2.77. The van der Waals surface area contributed by atoms with Crippen molar-refractivity contribution in [2.75, 3.05) is 37.7 Å². The molecule has 0 aromatic heterocycles. The van der Waals surface area contributed by atoms with Crippen molar-refractivity contribution in [2.45, 2.75) is 19.8 Å². The Morgan fingerprint density at radius 1 is 0.933 bits per heavy atom. The molecule has 0 bridgehead atoms. The number of amides is 1. The number of piperazine rings is 1. The van der Waals surface area contributed by atoms with Crippen LogP contribution in [0.5, 0.6) is 5.75 Å². The van der Waals surface area contributed by atoms with Crippen LogP contribution in [0.3, 0.4) is 0 Å². The van der Waals surface area contributed by atoms with E-state index in [-0.39, 0.29) is 32.1 Å². The van der Waals surface area contributed by atoms with Crippen molar-refractivity contribution in [1.29, 1.82) is 0 Å². The molecule has 9 heteroatoms. The van der Waals surface area contributed by atoms with Gasteiger partial charge in [-0.2, -0.15) is 0 Å². The topological polar surface area (TPSA) is 32.8 Å². The minimum atomic E-state index is -2.19. The van der Waals surface area contributed by atoms with Gasteiger partial charge in [-0.3, -0.25) is 4.79 Å². The first-order chi connectivity index (χ1) is 14.3. The molecule has 0 atom stereocenters. The van der Waals surface area contributed by atoms with Crippen molar-refractivity contribution in [3.63, 3.8) is 0 Å². The Hall–Kier alpha value is -2.84. The summed E-state index contributed by atoms with van der Waals surface area (Å²) in [7, 11) is 0. The predicted octanol–water partition coefficient (Wildman–Crippen LogP) is 4.52. The Morgan fingerprint density at radius 3 is 2.13 bits per heavy atom. The van der Waals surface area contributed by atoms with Crippen molar-refractivity contribution >= 4 is 11.6 Å². The Morgan fingerprint density at radius 2 is 1.53 bits per heavy atom. The van der Waals surface area contributed by atoms with Gasteiger partial charge in [0.05, 0.1) is 6.61 Å². The van der Waals surface area contributed by atoms with E-state index in [0.29, 0.717) is 17.9 Å². The summed E-state index contributed by atoms with van der Waals surface area (Å²) < 4.78 is 73.8. The lowest BCUT2D eigenvalue weighted by molar-refractivity contribution is 0.0746. The summed E-state index contributed by atoms with van der Waals surface area (Å²) in [5.41, 5.74) is -0.571. The molecule has 30 heavy (non-hydrogen) atoms. The number of hydrogen-bond donors (Lipinski definition) is 0. The maximum Gasteiger partial charge on any atom is 0.254 e. The molecule has 1 aliphatic rings. The second-order valence-corrected chi connectivity index (χ2v) is 6.93. The molecule has 0 unspecified atom stereocenters. The molecule has 2 aromatic rings. The third-order valence-electron chi connectivity index (χ3n) is 4.92. The molecule has 1 saturated heterocycles. The van der Waals surface area contributed by atoms with Gasteiger partial charge in [-0.1, -0.05) is 19.4 Å². The largest absolute Gasteiger partial charge is 0.494 e. The van der Waals surface area contributed by atoms with E-state index in [0.717, 1.165) is 17.7 Å². The molecule has 3 rings (SSSR count). The normalized spacial score (nSPS) is 14.2. The summed E-state index contributed by atoms with van der Waals surface area (Å²) in [6, 6.07) is 6.69.